The number of para-hydroxylation sites is 2. The Morgan fingerprint density at radius 1 is 0.370 bits per heavy atom. The highest BCUT2D eigenvalue weighted by Gasteiger charge is 2.50. The largest absolute Gasteiger partial charge is 0.309 e. The van der Waals surface area contributed by atoms with Gasteiger partial charge in [0.15, 0.2) is 0 Å². The van der Waals surface area contributed by atoms with E-state index >= 15 is 0 Å². The van der Waals surface area contributed by atoms with E-state index in [-0.39, 0.29) is 5.41 Å². The van der Waals surface area contributed by atoms with Crippen molar-refractivity contribution < 1.29 is 0 Å². The third-order valence-corrected chi connectivity index (χ3v) is 10.5. The molecule has 1 fully saturated rings. The first-order chi connectivity index (χ1) is 22.8. The van der Waals surface area contributed by atoms with Crippen molar-refractivity contribution in [1.82, 2.24) is 0 Å². The molecule has 1 spiro atoms. The lowest BCUT2D eigenvalue weighted by molar-refractivity contribution is 0.853. The number of fused-ring (bicyclic) bond motifs is 6. The summed E-state index contributed by atoms with van der Waals surface area (Å²) in [5.74, 6) is 0. The maximum atomic E-state index is 2.43. The summed E-state index contributed by atoms with van der Waals surface area (Å²) >= 11 is 0. The van der Waals surface area contributed by atoms with E-state index in [1.165, 1.54) is 84.2 Å². The Hall–Kier alpha value is -5.66. The van der Waals surface area contributed by atoms with Crippen LogP contribution in [-0.2, 0) is 5.41 Å². The monoisotopic (exact) mass is 585 g/mol. The quantitative estimate of drug-likeness (QED) is 0.186. The van der Waals surface area contributed by atoms with Gasteiger partial charge >= 0.3 is 0 Å². The average Bonchev–Trinajstić information content (AvgIpc) is 3.93. The fourth-order valence-electron chi connectivity index (χ4n) is 8.39. The predicted octanol–water partition coefficient (Wildman–Crippen LogP) is 12.3. The fourth-order valence-corrected chi connectivity index (χ4v) is 8.39. The lowest BCUT2D eigenvalue weighted by atomic mass is 9.73. The van der Waals surface area contributed by atoms with E-state index in [4.69, 9.17) is 0 Å². The number of hydrogen-bond acceptors (Lipinski definition) is 1. The van der Waals surface area contributed by atoms with Crippen LogP contribution in [0.2, 0.25) is 0 Å². The highest BCUT2D eigenvalue weighted by atomic mass is 15.1. The van der Waals surface area contributed by atoms with Gasteiger partial charge in [-0.3, -0.25) is 0 Å². The van der Waals surface area contributed by atoms with Crippen LogP contribution in [-0.4, -0.2) is 0 Å². The van der Waals surface area contributed by atoms with Crippen molar-refractivity contribution in [3.05, 3.63) is 175 Å². The Labute approximate surface area is 269 Å². The van der Waals surface area contributed by atoms with Gasteiger partial charge in [-0.2, -0.15) is 0 Å². The summed E-state index contributed by atoms with van der Waals surface area (Å²) in [5, 5.41) is 7.81. The van der Waals surface area contributed by atoms with Crippen LogP contribution in [0.4, 0.5) is 17.1 Å². The highest BCUT2D eigenvalue weighted by Crippen LogP contribution is 2.62. The molecule has 2 aliphatic carbocycles. The molecule has 46 heavy (non-hydrogen) atoms. The Kier molecular flexibility index (Phi) is 5.39. The molecule has 0 radical (unpaired) electrons. The van der Waals surface area contributed by atoms with Crippen molar-refractivity contribution in [2.45, 2.75) is 18.3 Å². The Morgan fingerprint density at radius 2 is 0.870 bits per heavy atom. The molecule has 216 valence electrons. The van der Waals surface area contributed by atoms with Gasteiger partial charge in [0.1, 0.15) is 0 Å². The third kappa shape index (κ3) is 3.51. The van der Waals surface area contributed by atoms with E-state index in [1.54, 1.807) is 0 Å². The molecule has 0 amide bonds. The summed E-state index contributed by atoms with van der Waals surface area (Å²) in [5.41, 5.74) is 12.0. The molecule has 2 aliphatic rings. The van der Waals surface area contributed by atoms with Crippen LogP contribution in [0.15, 0.2) is 164 Å². The molecule has 0 saturated heterocycles. The molecular formula is C45H31N. The first kappa shape index (κ1) is 25.6. The van der Waals surface area contributed by atoms with E-state index < -0.39 is 0 Å². The Balaban J connectivity index is 1.33. The zero-order valence-corrected chi connectivity index (χ0v) is 25.4. The van der Waals surface area contributed by atoms with Crippen molar-refractivity contribution in [3.63, 3.8) is 0 Å². The number of hydrogen-bond donors (Lipinski definition) is 0. The minimum absolute atomic E-state index is 0.154. The SMILES string of the molecule is c1ccc(N(c2ccccc2)c2c3ccccc3c(-c3ccc4c5c(cccc35)C3(CC3)c3ccccc3-4)c3ccccc23)cc1. The van der Waals surface area contributed by atoms with Crippen LogP contribution < -0.4 is 4.90 Å². The number of nitrogens with zero attached hydrogens (tertiary/aromatic N) is 1. The van der Waals surface area contributed by atoms with Crippen molar-refractivity contribution in [2.75, 3.05) is 4.90 Å². The van der Waals surface area contributed by atoms with Gasteiger partial charge in [0, 0.05) is 27.6 Å². The number of anilines is 3. The Bertz CT molecular complexity index is 2370. The average molecular weight is 586 g/mol. The number of benzene rings is 8. The van der Waals surface area contributed by atoms with E-state index in [2.05, 4.69) is 169 Å². The fraction of sp³-hybridized carbons (Fsp3) is 0.0667. The van der Waals surface area contributed by atoms with E-state index in [0.29, 0.717) is 0 Å². The second-order valence-corrected chi connectivity index (χ2v) is 12.8. The van der Waals surface area contributed by atoms with Crippen molar-refractivity contribution in [3.8, 4) is 22.3 Å². The predicted molar refractivity (Wildman–Crippen MR) is 195 cm³/mol. The summed E-state index contributed by atoms with van der Waals surface area (Å²) in [6.07, 6.45) is 2.45. The molecule has 0 N–H and O–H groups in total. The van der Waals surface area contributed by atoms with Crippen LogP contribution in [0.25, 0.3) is 54.6 Å². The van der Waals surface area contributed by atoms with Crippen LogP contribution >= 0.6 is 0 Å². The van der Waals surface area contributed by atoms with Crippen LogP contribution in [0.1, 0.15) is 24.0 Å². The van der Waals surface area contributed by atoms with Crippen LogP contribution in [0.3, 0.4) is 0 Å². The molecule has 0 unspecified atom stereocenters. The van der Waals surface area contributed by atoms with Gasteiger partial charge in [0.25, 0.3) is 0 Å². The minimum Gasteiger partial charge on any atom is -0.309 e. The van der Waals surface area contributed by atoms with Crippen LogP contribution in [0, 0.1) is 0 Å². The van der Waals surface area contributed by atoms with Gasteiger partial charge in [0.05, 0.1) is 5.69 Å². The van der Waals surface area contributed by atoms with Gasteiger partial charge in [-0.25, -0.2) is 0 Å². The highest BCUT2D eigenvalue weighted by molar-refractivity contribution is 6.25. The molecule has 8 aromatic carbocycles. The van der Waals surface area contributed by atoms with E-state index in [0.717, 1.165) is 11.4 Å². The van der Waals surface area contributed by atoms with Gasteiger partial charge < -0.3 is 4.90 Å². The van der Waals surface area contributed by atoms with Gasteiger partial charge in [0.2, 0.25) is 0 Å². The summed E-state index contributed by atoms with van der Waals surface area (Å²) in [6, 6.07) is 60.5. The molecule has 0 aliphatic heterocycles. The molecule has 0 atom stereocenters. The van der Waals surface area contributed by atoms with Gasteiger partial charge in [-0.05, 0) is 92.0 Å². The second-order valence-electron chi connectivity index (χ2n) is 12.8. The smallest absolute Gasteiger partial charge is 0.0618 e. The van der Waals surface area contributed by atoms with Gasteiger partial charge in [-0.1, -0.05) is 140 Å². The standard InChI is InChI=1S/C45H31N/c1-3-14-30(15-4-1)46(31-16-5-2-6-17-31)44-38-21-9-7-19-34(38)42(35-20-8-10-22-39(35)44)37-27-26-36-32-18-11-12-24-40(32)45(28-29-45)41-25-13-23-33(37)43(36)41/h1-27H,28-29H2. The minimum atomic E-state index is 0.154. The van der Waals surface area contributed by atoms with E-state index in [9.17, 15) is 0 Å². The second kappa shape index (κ2) is 9.67. The molecule has 0 bridgehead atoms. The summed E-state index contributed by atoms with van der Waals surface area (Å²) < 4.78 is 0. The maximum Gasteiger partial charge on any atom is 0.0618 e. The topological polar surface area (TPSA) is 3.24 Å². The molecule has 8 aromatic rings. The third-order valence-electron chi connectivity index (χ3n) is 10.5. The van der Waals surface area contributed by atoms with Crippen LogP contribution in [0.5, 0.6) is 0 Å². The lowest BCUT2D eigenvalue weighted by Gasteiger charge is -2.31. The van der Waals surface area contributed by atoms with Crippen molar-refractivity contribution in [2.24, 2.45) is 0 Å². The molecule has 1 saturated carbocycles. The summed E-state index contributed by atoms with van der Waals surface area (Å²) in [7, 11) is 0. The Morgan fingerprint density at radius 3 is 1.50 bits per heavy atom. The van der Waals surface area contributed by atoms with Gasteiger partial charge in [-0.15, -0.1) is 0 Å². The zero-order valence-electron chi connectivity index (χ0n) is 25.4. The van der Waals surface area contributed by atoms with E-state index in [1.807, 2.05) is 0 Å². The molecular weight excluding hydrogens is 555 g/mol. The summed E-state index contributed by atoms with van der Waals surface area (Å²) in [6.45, 7) is 0. The van der Waals surface area contributed by atoms with Crippen molar-refractivity contribution in [1.29, 1.82) is 0 Å². The zero-order chi connectivity index (χ0) is 30.2. The normalized spacial score (nSPS) is 14.1. The number of rotatable bonds is 4. The summed E-state index contributed by atoms with van der Waals surface area (Å²) in [4.78, 5) is 2.43. The maximum absolute atomic E-state index is 2.43. The first-order valence-electron chi connectivity index (χ1n) is 16.3. The molecule has 1 heteroatoms. The molecule has 0 heterocycles. The lowest BCUT2D eigenvalue weighted by Crippen LogP contribution is -2.15. The molecule has 0 aromatic heterocycles. The molecule has 10 rings (SSSR count). The first-order valence-corrected chi connectivity index (χ1v) is 16.3. The van der Waals surface area contributed by atoms with Crippen molar-refractivity contribution >= 4 is 49.4 Å². The molecule has 1 nitrogen and oxygen atoms in total.